The molecule has 0 radical (unpaired) electrons. The highest BCUT2D eigenvalue weighted by Crippen LogP contribution is 2.51. The Morgan fingerprint density at radius 2 is 1.56 bits per heavy atom. The van der Waals surface area contributed by atoms with Crippen molar-refractivity contribution in [2.75, 3.05) is 12.0 Å². The monoisotopic (exact) mass is 507 g/mol. The van der Waals surface area contributed by atoms with Crippen LogP contribution in [0.25, 0.3) is 5.70 Å². The minimum absolute atomic E-state index is 0.264. The molecule has 0 amide bonds. The third-order valence-corrected chi connectivity index (χ3v) is 7.63. The van der Waals surface area contributed by atoms with E-state index in [1.807, 2.05) is 0 Å². The number of anilines is 1. The van der Waals surface area contributed by atoms with Crippen LogP contribution in [0, 0.1) is 0 Å². The van der Waals surface area contributed by atoms with E-state index in [1.165, 1.54) is 44.8 Å². The molecule has 0 N–H and O–H groups in total. The minimum Gasteiger partial charge on any atom is -0.497 e. The number of ether oxygens (including phenoxy) is 1. The highest BCUT2D eigenvalue weighted by molar-refractivity contribution is 9.10. The van der Waals surface area contributed by atoms with Gasteiger partial charge in [-0.2, -0.15) is 0 Å². The van der Waals surface area contributed by atoms with Gasteiger partial charge in [-0.3, -0.25) is 0 Å². The van der Waals surface area contributed by atoms with E-state index in [9.17, 15) is 0 Å². The summed E-state index contributed by atoms with van der Waals surface area (Å²) >= 11 is 3.62. The molecule has 0 saturated heterocycles. The Labute approximate surface area is 209 Å². The number of fused-ring (bicyclic) bond motifs is 3. The zero-order valence-corrected chi connectivity index (χ0v) is 20.8. The number of benzene rings is 4. The molecule has 0 spiro atoms. The average Bonchev–Trinajstić information content (AvgIpc) is 2.89. The van der Waals surface area contributed by atoms with Crippen LogP contribution in [0.3, 0.4) is 0 Å². The molecule has 0 saturated carbocycles. The molecule has 2 aliphatic rings. The van der Waals surface area contributed by atoms with Gasteiger partial charge < -0.3 is 9.64 Å². The molecule has 4 aromatic carbocycles. The van der Waals surface area contributed by atoms with E-state index in [-0.39, 0.29) is 5.92 Å². The number of allylic oxidation sites excluding steroid dienone is 1. The van der Waals surface area contributed by atoms with Crippen LogP contribution in [-0.4, -0.2) is 7.11 Å². The number of rotatable bonds is 4. The van der Waals surface area contributed by atoms with Crippen LogP contribution in [0.1, 0.15) is 40.2 Å². The third kappa shape index (κ3) is 3.65. The van der Waals surface area contributed by atoms with E-state index in [4.69, 9.17) is 4.74 Å². The predicted molar refractivity (Wildman–Crippen MR) is 143 cm³/mol. The number of aryl methyl sites for hydroxylation is 1. The van der Waals surface area contributed by atoms with Crippen molar-refractivity contribution in [3.8, 4) is 5.75 Å². The second kappa shape index (κ2) is 8.81. The van der Waals surface area contributed by atoms with Crippen molar-refractivity contribution in [2.24, 2.45) is 0 Å². The first-order chi connectivity index (χ1) is 16.7. The summed E-state index contributed by atoms with van der Waals surface area (Å²) in [6, 6.07) is 35.2. The fourth-order valence-corrected chi connectivity index (χ4v) is 5.79. The van der Waals surface area contributed by atoms with E-state index >= 15 is 0 Å². The fourth-order valence-electron chi connectivity index (χ4n) is 5.53. The molecule has 0 bridgehead atoms. The van der Waals surface area contributed by atoms with Crippen LogP contribution in [0.5, 0.6) is 5.75 Å². The van der Waals surface area contributed by atoms with Crippen molar-refractivity contribution in [1.82, 2.24) is 0 Å². The number of methoxy groups -OCH3 is 1. The van der Waals surface area contributed by atoms with Gasteiger partial charge in [0.2, 0.25) is 0 Å². The quantitative estimate of drug-likeness (QED) is 0.277. The van der Waals surface area contributed by atoms with Crippen molar-refractivity contribution < 1.29 is 4.74 Å². The summed E-state index contributed by atoms with van der Waals surface area (Å²) in [5, 5.41) is 0. The standard InChI is InChI=1S/C31H26BrNO/c1-34-25-17-10-21(11-18-25)20-33-29-9-5-4-8-27(29)30(23-12-15-24(32)16-13-23)28-19-14-22-6-2-3-7-26(22)31(28)33/h2-13,15-18,30H,14,19-20H2,1H3/t30-/m1/s1. The molecule has 0 unspecified atom stereocenters. The van der Waals surface area contributed by atoms with Gasteiger partial charge >= 0.3 is 0 Å². The number of hydrogen-bond donors (Lipinski definition) is 0. The third-order valence-electron chi connectivity index (χ3n) is 7.10. The van der Waals surface area contributed by atoms with Crippen LogP contribution >= 0.6 is 15.9 Å². The fraction of sp³-hybridized carbons (Fsp3) is 0.161. The molecule has 1 atom stereocenters. The molecule has 4 aromatic rings. The van der Waals surface area contributed by atoms with E-state index < -0.39 is 0 Å². The predicted octanol–water partition coefficient (Wildman–Crippen LogP) is 7.97. The number of nitrogens with zero attached hydrogens (tertiary/aromatic N) is 1. The Balaban J connectivity index is 1.56. The van der Waals surface area contributed by atoms with E-state index in [1.54, 1.807) is 7.11 Å². The van der Waals surface area contributed by atoms with Gasteiger partial charge in [0.05, 0.1) is 7.11 Å². The largest absolute Gasteiger partial charge is 0.497 e. The molecule has 0 fully saturated rings. The molecular weight excluding hydrogens is 482 g/mol. The van der Waals surface area contributed by atoms with Gasteiger partial charge in [0.1, 0.15) is 5.75 Å². The van der Waals surface area contributed by atoms with Crippen molar-refractivity contribution in [2.45, 2.75) is 25.3 Å². The number of para-hydroxylation sites is 1. The Morgan fingerprint density at radius 1 is 0.824 bits per heavy atom. The Kier molecular flexibility index (Phi) is 5.50. The molecule has 6 rings (SSSR count). The first kappa shape index (κ1) is 21.2. The Bertz CT molecular complexity index is 1370. The zero-order valence-electron chi connectivity index (χ0n) is 19.2. The smallest absolute Gasteiger partial charge is 0.118 e. The number of halogens is 1. The highest BCUT2D eigenvalue weighted by atomic mass is 79.9. The van der Waals surface area contributed by atoms with E-state index in [0.29, 0.717) is 0 Å². The normalized spacial score (nSPS) is 16.5. The first-order valence-corrected chi connectivity index (χ1v) is 12.6. The molecule has 168 valence electrons. The summed E-state index contributed by atoms with van der Waals surface area (Å²) in [4.78, 5) is 2.54. The lowest BCUT2D eigenvalue weighted by Gasteiger charge is -2.42. The van der Waals surface area contributed by atoms with Gasteiger partial charge in [-0.1, -0.05) is 82.7 Å². The lowest BCUT2D eigenvalue weighted by atomic mass is 9.73. The maximum atomic E-state index is 5.39. The van der Waals surface area contributed by atoms with Crippen molar-refractivity contribution >= 4 is 27.3 Å². The van der Waals surface area contributed by atoms with Crippen LogP contribution in [-0.2, 0) is 13.0 Å². The van der Waals surface area contributed by atoms with Gasteiger partial charge in [0.25, 0.3) is 0 Å². The van der Waals surface area contributed by atoms with Crippen LogP contribution in [0.4, 0.5) is 5.69 Å². The molecule has 3 heteroatoms. The van der Waals surface area contributed by atoms with Gasteiger partial charge in [0, 0.05) is 33.9 Å². The topological polar surface area (TPSA) is 12.5 Å². The summed E-state index contributed by atoms with van der Waals surface area (Å²) in [5.41, 5.74) is 11.0. The zero-order chi connectivity index (χ0) is 23.1. The first-order valence-electron chi connectivity index (χ1n) is 11.8. The summed E-state index contributed by atoms with van der Waals surface area (Å²) in [5.74, 6) is 1.15. The SMILES string of the molecule is COc1ccc(CN2C3=C(CCc4ccccc43)[C@H](c3ccc(Br)cc3)c3ccccc32)cc1. The molecule has 0 aromatic heterocycles. The minimum atomic E-state index is 0.264. The molecular formula is C31H26BrNO. The maximum Gasteiger partial charge on any atom is 0.118 e. The maximum absolute atomic E-state index is 5.39. The molecule has 2 nitrogen and oxygen atoms in total. The van der Waals surface area contributed by atoms with Crippen molar-refractivity contribution in [3.05, 3.63) is 135 Å². The van der Waals surface area contributed by atoms with Gasteiger partial charge in [-0.05, 0) is 71.0 Å². The summed E-state index contributed by atoms with van der Waals surface area (Å²) in [6.45, 7) is 0.821. The van der Waals surface area contributed by atoms with Gasteiger partial charge in [-0.15, -0.1) is 0 Å². The lowest BCUT2D eigenvalue weighted by Crippen LogP contribution is -2.32. The summed E-state index contributed by atoms with van der Waals surface area (Å²) < 4.78 is 6.51. The molecule has 1 heterocycles. The molecule has 1 aliphatic heterocycles. The molecule has 1 aliphatic carbocycles. The number of hydrogen-bond acceptors (Lipinski definition) is 2. The summed E-state index contributed by atoms with van der Waals surface area (Å²) in [6.07, 6.45) is 2.15. The second-order valence-corrected chi connectivity index (χ2v) is 9.92. The highest BCUT2D eigenvalue weighted by Gasteiger charge is 2.36. The Hall–Kier alpha value is -3.30. The van der Waals surface area contributed by atoms with Crippen molar-refractivity contribution in [3.63, 3.8) is 0 Å². The van der Waals surface area contributed by atoms with Gasteiger partial charge in [0.15, 0.2) is 0 Å². The van der Waals surface area contributed by atoms with E-state index in [0.717, 1.165) is 29.6 Å². The Morgan fingerprint density at radius 3 is 2.35 bits per heavy atom. The van der Waals surface area contributed by atoms with Crippen molar-refractivity contribution in [1.29, 1.82) is 0 Å². The average molecular weight is 508 g/mol. The van der Waals surface area contributed by atoms with Crippen LogP contribution < -0.4 is 9.64 Å². The molecule has 34 heavy (non-hydrogen) atoms. The van der Waals surface area contributed by atoms with Gasteiger partial charge in [-0.25, -0.2) is 0 Å². The second-order valence-electron chi connectivity index (χ2n) is 9.01. The van der Waals surface area contributed by atoms with E-state index in [2.05, 4.69) is 118 Å². The lowest BCUT2D eigenvalue weighted by molar-refractivity contribution is 0.414. The van der Waals surface area contributed by atoms with Crippen LogP contribution in [0.2, 0.25) is 0 Å². The van der Waals surface area contributed by atoms with Crippen LogP contribution in [0.15, 0.2) is 107 Å². The summed E-state index contributed by atoms with van der Waals surface area (Å²) in [7, 11) is 1.72.